The molecule has 0 unspecified atom stereocenters. The average molecular weight is 262 g/mol. The number of nitrogens with zero attached hydrogens (tertiary/aromatic N) is 1. The van der Waals surface area contributed by atoms with Gasteiger partial charge in [-0.1, -0.05) is 18.6 Å². The Bertz CT molecular complexity index is 362. The molecule has 0 spiro atoms. The Morgan fingerprint density at radius 1 is 1.16 bits per heavy atom. The molecule has 19 heavy (non-hydrogen) atoms. The summed E-state index contributed by atoms with van der Waals surface area (Å²) in [5.74, 6) is 0.950. The average Bonchev–Trinajstić information content (AvgIpc) is 2.48. The molecule has 0 atom stereocenters. The van der Waals surface area contributed by atoms with Gasteiger partial charge in [0.1, 0.15) is 5.75 Å². The van der Waals surface area contributed by atoms with Crippen LogP contribution in [0.1, 0.15) is 24.8 Å². The predicted octanol–water partition coefficient (Wildman–Crippen LogP) is 2.31. The minimum absolute atomic E-state index is 0.950. The van der Waals surface area contributed by atoms with Gasteiger partial charge in [-0.05, 0) is 56.6 Å². The summed E-state index contributed by atoms with van der Waals surface area (Å²) < 4.78 is 5.23. The number of hydrogen-bond acceptors (Lipinski definition) is 3. The van der Waals surface area contributed by atoms with Crippen LogP contribution in [-0.2, 0) is 6.42 Å². The van der Waals surface area contributed by atoms with Crippen LogP contribution in [0.3, 0.4) is 0 Å². The molecule has 0 saturated carbocycles. The van der Waals surface area contributed by atoms with E-state index in [2.05, 4.69) is 28.4 Å². The van der Waals surface area contributed by atoms with Crippen molar-refractivity contribution >= 4 is 0 Å². The first-order valence-electron chi connectivity index (χ1n) is 7.44. The summed E-state index contributed by atoms with van der Waals surface area (Å²) in [6.45, 7) is 5.91. The van der Waals surface area contributed by atoms with E-state index in [-0.39, 0.29) is 0 Å². The van der Waals surface area contributed by atoms with Crippen LogP contribution in [0.2, 0.25) is 0 Å². The van der Waals surface area contributed by atoms with Crippen LogP contribution in [-0.4, -0.2) is 44.7 Å². The molecule has 1 N–H and O–H groups in total. The van der Waals surface area contributed by atoms with Crippen LogP contribution in [0.4, 0.5) is 0 Å². The second kappa shape index (κ2) is 8.18. The number of hydrogen-bond donors (Lipinski definition) is 1. The zero-order chi connectivity index (χ0) is 13.3. The lowest BCUT2D eigenvalue weighted by Crippen LogP contribution is -2.36. The number of piperidine rings is 1. The molecule has 1 saturated heterocycles. The Kier molecular flexibility index (Phi) is 6.18. The minimum Gasteiger partial charge on any atom is -0.497 e. The predicted molar refractivity (Wildman–Crippen MR) is 79.9 cm³/mol. The Hall–Kier alpha value is -1.06. The quantitative estimate of drug-likeness (QED) is 0.763. The van der Waals surface area contributed by atoms with Crippen molar-refractivity contribution in [3.05, 3.63) is 29.8 Å². The summed E-state index contributed by atoms with van der Waals surface area (Å²) in [5.41, 5.74) is 1.34. The SMILES string of the molecule is COc1cccc(CCNCCN2CCCCC2)c1. The highest BCUT2D eigenvalue weighted by atomic mass is 16.5. The van der Waals surface area contributed by atoms with Crippen molar-refractivity contribution in [2.45, 2.75) is 25.7 Å². The fourth-order valence-electron chi connectivity index (χ4n) is 2.61. The summed E-state index contributed by atoms with van der Waals surface area (Å²) >= 11 is 0. The molecule has 1 aliphatic rings. The normalized spacial score (nSPS) is 16.5. The van der Waals surface area contributed by atoms with Gasteiger partial charge in [0.05, 0.1) is 7.11 Å². The minimum atomic E-state index is 0.950. The summed E-state index contributed by atoms with van der Waals surface area (Å²) in [6, 6.07) is 8.33. The molecule has 0 amide bonds. The monoisotopic (exact) mass is 262 g/mol. The first-order valence-corrected chi connectivity index (χ1v) is 7.44. The fourth-order valence-corrected chi connectivity index (χ4v) is 2.61. The van der Waals surface area contributed by atoms with Gasteiger partial charge in [0.2, 0.25) is 0 Å². The van der Waals surface area contributed by atoms with Gasteiger partial charge in [-0.3, -0.25) is 0 Å². The van der Waals surface area contributed by atoms with E-state index >= 15 is 0 Å². The van der Waals surface area contributed by atoms with E-state index in [0.29, 0.717) is 0 Å². The van der Waals surface area contributed by atoms with E-state index in [0.717, 1.165) is 25.3 Å². The Labute approximate surface area is 116 Å². The summed E-state index contributed by atoms with van der Waals surface area (Å²) in [6.07, 6.45) is 5.24. The highest BCUT2D eigenvalue weighted by Crippen LogP contribution is 2.12. The van der Waals surface area contributed by atoms with Crippen LogP contribution in [0.25, 0.3) is 0 Å². The zero-order valence-corrected chi connectivity index (χ0v) is 12.0. The van der Waals surface area contributed by atoms with Crippen molar-refractivity contribution in [3.63, 3.8) is 0 Å². The lowest BCUT2D eigenvalue weighted by Gasteiger charge is -2.26. The maximum absolute atomic E-state index is 5.23. The Balaban J connectivity index is 1.58. The highest BCUT2D eigenvalue weighted by molar-refractivity contribution is 5.28. The van der Waals surface area contributed by atoms with Gasteiger partial charge in [-0.15, -0.1) is 0 Å². The standard InChI is InChI=1S/C16H26N2O/c1-19-16-7-5-6-15(14-16)8-9-17-10-13-18-11-3-2-4-12-18/h5-7,14,17H,2-4,8-13H2,1H3. The summed E-state index contributed by atoms with van der Waals surface area (Å²) in [5, 5.41) is 3.54. The highest BCUT2D eigenvalue weighted by Gasteiger charge is 2.08. The van der Waals surface area contributed by atoms with Crippen molar-refractivity contribution in [1.29, 1.82) is 0 Å². The number of rotatable bonds is 7. The molecule has 1 aromatic rings. The van der Waals surface area contributed by atoms with Crippen molar-refractivity contribution in [2.75, 3.05) is 39.8 Å². The molecule has 1 heterocycles. The van der Waals surface area contributed by atoms with Gasteiger partial charge in [0.25, 0.3) is 0 Å². The van der Waals surface area contributed by atoms with Gasteiger partial charge >= 0.3 is 0 Å². The molecule has 1 aromatic carbocycles. The number of ether oxygens (including phenoxy) is 1. The molecule has 3 nitrogen and oxygen atoms in total. The first-order chi connectivity index (χ1) is 9.38. The van der Waals surface area contributed by atoms with Crippen LogP contribution in [0, 0.1) is 0 Å². The molecule has 0 aromatic heterocycles. The largest absolute Gasteiger partial charge is 0.497 e. The molecule has 0 aliphatic carbocycles. The zero-order valence-electron chi connectivity index (χ0n) is 12.0. The second-order valence-electron chi connectivity index (χ2n) is 5.25. The molecule has 106 valence electrons. The summed E-state index contributed by atoms with van der Waals surface area (Å²) in [7, 11) is 1.72. The van der Waals surface area contributed by atoms with Gasteiger partial charge in [0.15, 0.2) is 0 Å². The van der Waals surface area contributed by atoms with E-state index in [1.807, 2.05) is 6.07 Å². The van der Waals surface area contributed by atoms with E-state index in [1.54, 1.807) is 7.11 Å². The molecule has 2 rings (SSSR count). The first kappa shape index (κ1) is 14.4. The third kappa shape index (κ3) is 5.21. The van der Waals surface area contributed by atoms with E-state index in [9.17, 15) is 0 Å². The van der Waals surface area contributed by atoms with Crippen LogP contribution in [0.5, 0.6) is 5.75 Å². The third-order valence-corrected chi connectivity index (χ3v) is 3.78. The third-order valence-electron chi connectivity index (χ3n) is 3.78. The van der Waals surface area contributed by atoms with Gasteiger partial charge in [-0.25, -0.2) is 0 Å². The van der Waals surface area contributed by atoms with Crippen molar-refractivity contribution in [2.24, 2.45) is 0 Å². The maximum Gasteiger partial charge on any atom is 0.119 e. The van der Waals surface area contributed by atoms with Crippen molar-refractivity contribution in [3.8, 4) is 5.75 Å². The van der Waals surface area contributed by atoms with E-state index < -0.39 is 0 Å². The van der Waals surface area contributed by atoms with Crippen molar-refractivity contribution < 1.29 is 4.74 Å². The lowest BCUT2D eigenvalue weighted by molar-refractivity contribution is 0.229. The topological polar surface area (TPSA) is 24.5 Å². The van der Waals surface area contributed by atoms with E-state index in [4.69, 9.17) is 4.74 Å². The molecular formula is C16H26N2O. The molecule has 3 heteroatoms. The summed E-state index contributed by atoms with van der Waals surface area (Å²) in [4.78, 5) is 2.57. The second-order valence-corrected chi connectivity index (χ2v) is 5.25. The van der Waals surface area contributed by atoms with Gasteiger partial charge < -0.3 is 15.0 Å². The number of nitrogens with one attached hydrogen (secondary N) is 1. The molecular weight excluding hydrogens is 236 g/mol. The molecule has 0 bridgehead atoms. The number of benzene rings is 1. The van der Waals surface area contributed by atoms with Crippen LogP contribution in [0.15, 0.2) is 24.3 Å². The lowest BCUT2D eigenvalue weighted by atomic mass is 10.1. The van der Waals surface area contributed by atoms with Crippen molar-refractivity contribution in [1.82, 2.24) is 10.2 Å². The fraction of sp³-hybridized carbons (Fsp3) is 0.625. The molecule has 1 aliphatic heterocycles. The van der Waals surface area contributed by atoms with E-state index in [1.165, 1.54) is 44.5 Å². The Morgan fingerprint density at radius 2 is 2.00 bits per heavy atom. The van der Waals surface area contributed by atoms with Crippen LogP contribution >= 0.6 is 0 Å². The number of likely N-dealkylation sites (tertiary alicyclic amines) is 1. The van der Waals surface area contributed by atoms with Crippen LogP contribution < -0.4 is 10.1 Å². The van der Waals surface area contributed by atoms with Gasteiger partial charge in [0, 0.05) is 13.1 Å². The maximum atomic E-state index is 5.23. The smallest absolute Gasteiger partial charge is 0.119 e. The molecule has 0 radical (unpaired) electrons. The Morgan fingerprint density at radius 3 is 2.79 bits per heavy atom. The van der Waals surface area contributed by atoms with Gasteiger partial charge in [-0.2, -0.15) is 0 Å². The molecule has 1 fully saturated rings. The number of methoxy groups -OCH3 is 1.